The van der Waals surface area contributed by atoms with Crippen molar-refractivity contribution in [2.45, 2.75) is 24.7 Å². The highest BCUT2D eigenvalue weighted by Gasteiger charge is 2.18. The number of hydrogen-bond acceptors (Lipinski definition) is 3. The van der Waals surface area contributed by atoms with Gasteiger partial charge in [-0.05, 0) is 56.1 Å². The Morgan fingerprint density at radius 2 is 1.85 bits per heavy atom. The van der Waals surface area contributed by atoms with E-state index in [-0.39, 0.29) is 0 Å². The van der Waals surface area contributed by atoms with E-state index < -0.39 is 10.0 Å². The molecule has 2 rings (SSSR count). The highest BCUT2D eigenvalue weighted by Crippen LogP contribution is 2.15. The summed E-state index contributed by atoms with van der Waals surface area (Å²) in [6.45, 7) is 5.81. The molecule has 1 aliphatic heterocycles. The summed E-state index contributed by atoms with van der Waals surface area (Å²) >= 11 is 3.30. The minimum Gasteiger partial charge on any atom is -0.303 e. The van der Waals surface area contributed by atoms with Crippen LogP contribution < -0.4 is 4.72 Å². The Hall–Kier alpha value is -0.430. The van der Waals surface area contributed by atoms with Gasteiger partial charge in [-0.15, -0.1) is 0 Å². The third-order valence-corrected chi connectivity index (χ3v) is 5.48. The van der Waals surface area contributed by atoms with Crippen molar-refractivity contribution in [3.63, 3.8) is 0 Å². The molecule has 0 aromatic heterocycles. The minimum absolute atomic E-state index is 0.314. The molecule has 1 aliphatic rings. The summed E-state index contributed by atoms with van der Waals surface area (Å²) in [6, 6.07) is 6.69. The lowest BCUT2D eigenvalue weighted by atomic mass is 10.2. The van der Waals surface area contributed by atoms with Crippen LogP contribution in [0.4, 0.5) is 0 Å². The van der Waals surface area contributed by atoms with Crippen LogP contribution in [0.2, 0.25) is 0 Å². The fourth-order valence-electron chi connectivity index (χ4n) is 2.42. The molecule has 1 unspecified atom stereocenters. The Kier molecular flexibility index (Phi) is 5.60. The summed E-state index contributed by atoms with van der Waals surface area (Å²) < 4.78 is 27.9. The van der Waals surface area contributed by atoms with Gasteiger partial charge in [-0.25, -0.2) is 13.1 Å². The molecule has 1 saturated heterocycles. The van der Waals surface area contributed by atoms with Gasteiger partial charge in [0.2, 0.25) is 10.0 Å². The molecular formula is C14H21BrN2O2S. The van der Waals surface area contributed by atoms with E-state index in [1.807, 2.05) is 0 Å². The Balaban J connectivity index is 1.86. The second kappa shape index (κ2) is 7.02. The predicted molar refractivity (Wildman–Crippen MR) is 84.2 cm³/mol. The van der Waals surface area contributed by atoms with E-state index >= 15 is 0 Å². The predicted octanol–water partition coefficient (Wildman–Crippen LogP) is 2.46. The van der Waals surface area contributed by atoms with Gasteiger partial charge in [0.25, 0.3) is 0 Å². The summed E-state index contributed by atoms with van der Waals surface area (Å²) in [4.78, 5) is 2.72. The number of nitrogens with zero attached hydrogens (tertiary/aromatic N) is 1. The van der Waals surface area contributed by atoms with E-state index in [0.29, 0.717) is 17.4 Å². The number of likely N-dealkylation sites (tertiary alicyclic amines) is 1. The molecule has 0 amide bonds. The third-order valence-electron chi connectivity index (χ3n) is 3.51. The zero-order valence-electron chi connectivity index (χ0n) is 11.7. The van der Waals surface area contributed by atoms with Crippen LogP contribution in [0, 0.1) is 5.92 Å². The first-order valence-electron chi connectivity index (χ1n) is 6.95. The fraction of sp³-hybridized carbons (Fsp3) is 0.571. The van der Waals surface area contributed by atoms with E-state index in [9.17, 15) is 8.42 Å². The van der Waals surface area contributed by atoms with Gasteiger partial charge in [0.1, 0.15) is 0 Å². The summed E-state index contributed by atoms with van der Waals surface area (Å²) in [7, 11) is -3.40. The fourth-order valence-corrected chi connectivity index (χ4v) is 3.85. The van der Waals surface area contributed by atoms with Gasteiger partial charge in [-0.3, -0.25) is 0 Å². The monoisotopic (exact) mass is 360 g/mol. The van der Waals surface area contributed by atoms with E-state index in [2.05, 4.69) is 32.5 Å². The molecule has 0 saturated carbocycles. The van der Waals surface area contributed by atoms with Crippen molar-refractivity contribution in [3.8, 4) is 0 Å². The molecule has 1 aromatic rings. The molecule has 1 N–H and O–H groups in total. The van der Waals surface area contributed by atoms with Crippen LogP contribution in [-0.2, 0) is 10.0 Å². The zero-order valence-corrected chi connectivity index (χ0v) is 14.1. The van der Waals surface area contributed by atoms with Crippen LogP contribution in [0.1, 0.15) is 19.8 Å². The molecule has 1 heterocycles. The van der Waals surface area contributed by atoms with Gasteiger partial charge < -0.3 is 4.90 Å². The summed E-state index contributed by atoms with van der Waals surface area (Å²) in [5.41, 5.74) is 0. The van der Waals surface area contributed by atoms with Gasteiger partial charge in [0.05, 0.1) is 4.90 Å². The lowest BCUT2D eigenvalue weighted by Crippen LogP contribution is -2.34. The van der Waals surface area contributed by atoms with E-state index in [0.717, 1.165) is 24.1 Å². The van der Waals surface area contributed by atoms with Crippen molar-refractivity contribution in [1.82, 2.24) is 9.62 Å². The van der Waals surface area contributed by atoms with E-state index in [1.54, 1.807) is 24.3 Å². The highest BCUT2D eigenvalue weighted by molar-refractivity contribution is 9.10. The maximum Gasteiger partial charge on any atom is 0.240 e. The van der Waals surface area contributed by atoms with Gasteiger partial charge >= 0.3 is 0 Å². The molecule has 6 heteroatoms. The van der Waals surface area contributed by atoms with Crippen molar-refractivity contribution in [2.75, 3.05) is 26.2 Å². The SMILES string of the molecule is CC(CNS(=O)(=O)c1ccc(Br)cc1)CN1CCCC1. The van der Waals surface area contributed by atoms with E-state index in [1.165, 1.54) is 12.8 Å². The van der Waals surface area contributed by atoms with Crippen LogP contribution >= 0.6 is 15.9 Å². The smallest absolute Gasteiger partial charge is 0.240 e. The Bertz CT molecular complexity index is 525. The number of hydrogen-bond donors (Lipinski definition) is 1. The maximum absolute atomic E-state index is 12.1. The summed E-state index contributed by atoms with van der Waals surface area (Å²) in [5.74, 6) is 0.318. The number of sulfonamides is 1. The summed E-state index contributed by atoms with van der Waals surface area (Å²) in [5, 5.41) is 0. The molecule has 1 fully saturated rings. The first-order valence-corrected chi connectivity index (χ1v) is 9.22. The summed E-state index contributed by atoms with van der Waals surface area (Å²) in [6.07, 6.45) is 2.52. The average Bonchev–Trinajstić information content (AvgIpc) is 2.90. The lowest BCUT2D eigenvalue weighted by Gasteiger charge is -2.20. The van der Waals surface area contributed by atoms with Crippen LogP contribution in [0.25, 0.3) is 0 Å². The molecule has 0 bridgehead atoms. The van der Waals surface area contributed by atoms with Crippen molar-refractivity contribution in [3.05, 3.63) is 28.7 Å². The molecule has 0 radical (unpaired) electrons. The van der Waals surface area contributed by atoms with Crippen LogP contribution in [-0.4, -0.2) is 39.5 Å². The van der Waals surface area contributed by atoms with Crippen LogP contribution in [0.5, 0.6) is 0 Å². The minimum atomic E-state index is -3.40. The molecule has 1 atom stereocenters. The van der Waals surface area contributed by atoms with Gasteiger partial charge in [-0.1, -0.05) is 22.9 Å². The van der Waals surface area contributed by atoms with Crippen LogP contribution in [0.15, 0.2) is 33.6 Å². The number of rotatable bonds is 6. The highest BCUT2D eigenvalue weighted by atomic mass is 79.9. The Labute approximate surface area is 129 Å². The molecule has 0 spiro atoms. The second-order valence-corrected chi connectivity index (χ2v) is 8.10. The van der Waals surface area contributed by atoms with Crippen LogP contribution in [0.3, 0.4) is 0 Å². The Morgan fingerprint density at radius 3 is 2.45 bits per heavy atom. The van der Waals surface area contributed by atoms with Gasteiger partial charge in [0, 0.05) is 17.6 Å². The topological polar surface area (TPSA) is 49.4 Å². The Morgan fingerprint density at radius 1 is 1.25 bits per heavy atom. The normalized spacial score (nSPS) is 18.3. The molecule has 1 aromatic carbocycles. The first kappa shape index (κ1) is 15.9. The first-order chi connectivity index (χ1) is 9.47. The standard InChI is InChI=1S/C14H21BrN2O2S/c1-12(11-17-8-2-3-9-17)10-16-20(18,19)14-6-4-13(15)5-7-14/h4-7,12,16H,2-3,8-11H2,1H3. The number of halogens is 1. The van der Waals surface area contributed by atoms with Crippen molar-refractivity contribution >= 4 is 26.0 Å². The number of benzene rings is 1. The molecular weight excluding hydrogens is 340 g/mol. The van der Waals surface area contributed by atoms with Crippen molar-refractivity contribution < 1.29 is 8.42 Å². The van der Waals surface area contributed by atoms with Gasteiger partial charge in [-0.2, -0.15) is 0 Å². The molecule has 20 heavy (non-hydrogen) atoms. The largest absolute Gasteiger partial charge is 0.303 e. The average molecular weight is 361 g/mol. The van der Waals surface area contributed by atoms with Gasteiger partial charge in [0.15, 0.2) is 0 Å². The number of nitrogens with one attached hydrogen (secondary N) is 1. The second-order valence-electron chi connectivity index (χ2n) is 5.42. The molecule has 4 nitrogen and oxygen atoms in total. The van der Waals surface area contributed by atoms with Crippen molar-refractivity contribution in [2.24, 2.45) is 5.92 Å². The van der Waals surface area contributed by atoms with E-state index in [4.69, 9.17) is 0 Å². The molecule has 0 aliphatic carbocycles. The molecule has 112 valence electrons. The zero-order chi connectivity index (χ0) is 14.6. The van der Waals surface area contributed by atoms with Crippen molar-refractivity contribution in [1.29, 1.82) is 0 Å². The lowest BCUT2D eigenvalue weighted by molar-refractivity contribution is 0.288. The maximum atomic E-state index is 12.1. The quantitative estimate of drug-likeness (QED) is 0.847. The third kappa shape index (κ3) is 4.55.